The third-order valence-corrected chi connectivity index (χ3v) is 4.04. The lowest BCUT2D eigenvalue weighted by molar-refractivity contribution is -0.118. The molecule has 1 aromatic rings. The minimum Gasteiger partial charge on any atom is -0.314 e. The van der Waals surface area contributed by atoms with Crippen LogP contribution < -0.4 is 10.2 Å². The summed E-state index contributed by atoms with van der Waals surface area (Å²) in [4.78, 5) is 16.5. The number of aryl methyl sites for hydroxylation is 1. The molecule has 0 radical (unpaired) electrons. The van der Waals surface area contributed by atoms with Gasteiger partial charge >= 0.3 is 0 Å². The van der Waals surface area contributed by atoms with Gasteiger partial charge < -0.3 is 10.2 Å². The predicted molar refractivity (Wildman–Crippen MR) is 76.4 cm³/mol. The molecular formula is C15H21N3O. The van der Waals surface area contributed by atoms with Gasteiger partial charge in [-0.05, 0) is 18.1 Å². The van der Waals surface area contributed by atoms with Crippen molar-refractivity contribution < 1.29 is 4.79 Å². The Hall–Kier alpha value is -1.39. The molecule has 0 unspecified atom stereocenters. The number of carbonyl (C=O) groups is 1. The first-order chi connectivity index (χ1) is 9.34. The molecule has 1 N–H and O–H groups in total. The Morgan fingerprint density at radius 1 is 1.05 bits per heavy atom. The average Bonchev–Trinajstić information content (AvgIpc) is 2.47. The molecule has 1 saturated heterocycles. The van der Waals surface area contributed by atoms with Crippen LogP contribution in [0.5, 0.6) is 0 Å². The number of carbonyl (C=O) groups excluding carboxylic acids is 1. The Labute approximate surface area is 114 Å². The summed E-state index contributed by atoms with van der Waals surface area (Å²) in [5.74, 6) is 0.272. The molecule has 1 fully saturated rings. The van der Waals surface area contributed by atoms with E-state index in [0.717, 1.165) is 51.4 Å². The zero-order valence-corrected chi connectivity index (χ0v) is 11.3. The highest BCUT2D eigenvalue weighted by Crippen LogP contribution is 2.27. The van der Waals surface area contributed by atoms with Crippen LogP contribution in [0.3, 0.4) is 0 Å². The minimum absolute atomic E-state index is 0.272. The molecule has 0 bridgehead atoms. The largest absolute Gasteiger partial charge is 0.314 e. The molecule has 3 rings (SSSR count). The highest BCUT2D eigenvalue weighted by molar-refractivity contribution is 5.96. The predicted octanol–water partition coefficient (Wildman–Crippen LogP) is 0.871. The second-order valence-corrected chi connectivity index (χ2v) is 5.27. The Morgan fingerprint density at radius 3 is 2.68 bits per heavy atom. The molecule has 1 amide bonds. The quantitative estimate of drug-likeness (QED) is 0.875. The normalized spacial score (nSPS) is 20.4. The summed E-state index contributed by atoms with van der Waals surface area (Å²) in [6, 6.07) is 8.29. The Bertz CT molecular complexity index is 454. The highest BCUT2D eigenvalue weighted by atomic mass is 16.2. The second-order valence-electron chi connectivity index (χ2n) is 5.27. The molecule has 0 atom stereocenters. The molecule has 102 valence electrons. The summed E-state index contributed by atoms with van der Waals surface area (Å²) >= 11 is 0. The van der Waals surface area contributed by atoms with Gasteiger partial charge in [0.25, 0.3) is 0 Å². The van der Waals surface area contributed by atoms with Crippen molar-refractivity contribution in [1.82, 2.24) is 10.2 Å². The summed E-state index contributed by atoms with van der Waals surface area (Å²) < 4.78 is 0. The van der Waals surface area contributed by atoms with E-state index in [2.05, 4.69) is 28.4 Å². The van der Waals surface area contributed by atoms with Crippen LogP contribution in [-0.4, -0.2) is 50.1 Å². The SMILES string of the molecule is O=C1CCc2ccccc2N1CCN1CCNCC1. The third kappa shape index (κ3) is 2.80. The van der Waals surface area contributed by atoms with Gasteiger partial charge in [-0.3, -0.25) is 9.69 Å². The van der Waals surface area contributed by atoms with E-state index in [-0.39, 0.29) is 5.91 Å². The summed E-state index contributed by atoms with van der Waals surface area (Å²) in [7, 11) is 0. The highest BCUT2D eigenvalue weighted by Gasteiger charge is 2.24. The van der Waals surface area contributed by atoms with E-state index in [1.807, 2.05) is 11.0 Å². The zero-order valence-electron chi connectivity index (χ0n) is 11.3. The van der Waals surface area contributed by atoms with Crippen molar-refractivity contribution in [3.8, 4) is 0 Å². The van der Waals surface area contributed by atoms with E-state index < -0.39 is 0 Å². The van der Waals surface area contributed by atoms with Gasteiger partial charge in [0.15, 0.2) is 0 Å². The fraction of sp³-hybridized carbons (Fsp3) is 0.533. The number of rotatable bonds is 3. The number of amides is 1. The number of nitrogens with zero attached hydrogens (tertiary/aromatic N) is 2. The maximum Gasteiger partial charge on any atom is 0.227 e. The van der Waals surface area contributed by atoms with Crippen LogP contribution in [0.15, 0.2) is 24.3 Å². The lowest BCUT2D eigenvalue weighted by Crippen LogP contribution is -2.47. The second kappa shape index (κ2) is 5.72. The van der Waals surface area contributed by atoms with Crippen molar-refractivity contribution in [2.24, 2.45) is 0 Å². The molecule has 2 aliphatic rings. The van der Waals surface area contributed by atoms with Crippen LogP contribution in [0.25, 0.3) is 0 Å². The summed E-state index contributed by atoms with van der Waals surface area (Å²) in [5.41, 5.74) is 2.43. The maximum absolute atomic E-state index is 12.1. The van der Waals surface area contributed by atoms with Crippen LogP contribution in [-0.2, 0) is 11.2 Å². The Balaban J connectivity index is 1.67. The van der Waals surface area contributed by atoms with Crippen molar-refractivity contribution >= 4 is 11.6 Å². The Kier molecular flexibility index (Phi) is 3.80. The monoisotopic (exact) mass is 259 g/mol. The maximum atomic E-state index is 12.1. The standard InChI is InChI=1S/C15H21N3O/c19-15-6-5-13-3-1-2-4-14(13)18(15)12-11-17-9-7-16-8-10-17/h1-4,16H,5-12H2. The van der Waals surface area contributed by atoms with Gasteiger partial charge in [-0.15, -0.1) is 0 Å². The van der Waals surface area contributed by atoms with Crippen LogP contribution in [0, 0.1) is 0 Å². The molecule has 2 heterocycles. The number of nitrogens with one attached hydrogen (secondary N) is 1. The molecule has 19 heavy (non-hydrogen) atoms. The van der Waals surface area contributed by atoms with Crippen molar-refractivity contribution in [3.63, 3.8) is 0 Å². The van der Waals surface area contributed by atoms with E-state index in [4.69, 9.17) is 0 Å². The van der Waals surface area contributed by atoms with Gasteiger partial charge in [-0.1, -0.05) is 18.2 Å². The van der Waals surface area contributed by atoms with Crippen molar-refractivity contribution in [1.29, 1.82) is 0 Å². The molecule has 4 heteroatoms. The minimum atomic E-state index is 0.272. The van der Waals surface area contributed by atoms with Crippen LogP contribution in [0.4, 0.5) is 5.69 Å². The Morgan fingerprint density at radius 2 is 1.84 bits per heavy atom. The number of piperazine rings is 1. The smallest absolute Gasteiger partial charge is 0.227 e. The van der Waals surface area contributed by atoms with Gasteiger partial charge in [0, 0.05) is 51.4 Å². The molecule has 2 aliphatic heterocycles. The number of hydrogen-bond acceptors (Lipinski definition) is 3. The molecule has 0 spiro atoms. The number of hydrogen-bond donors (Lipinski definition) is 1. The first-order valence-electron chi connectivity index (χ1n) is 7.16. The zero-order chi connectivity index (χ0) is 13.1. The van der Waals surface area contributed by atoms with Crippen molar-refractivity contribution in [2.45, 2.75) is 12.8 Å². The van der Waals surface area contributed by atoms with Crippen LogP contribution in [0.2, 0.25) is 0 Å². The molecule has 0 aromatic heterocycles. The van der Waals surface area contributed by atoms with Crippen LogP contribution >= 0.6 is 0 Å². The summed E-state index contributed by atoms with van der Waals surface area (Å²) in [6.07, 6.45) is 1.54. The van der Waals surface area contributed by atoms with Crippen molar-refractivity contribution in [3.05, 3.63) is 29.8 Å². The fourth-order valence-electron chi connectivity index (χ4n) is 2.92. The molecular weight excluding hydrogens is 238 g/mol. The molecule has 4 nitrogen and oxygen atoms in total. The average molecular weight is 259 g/mol. The third-order valence-electron chi connectivity index (χ3n) is 4.04. The summed E-state index contributed by atoms with van der Waals surface area (Å²) in [6.45, 7) is 6.08. The van der Waals surface area contributed by atoms with E-state index in [1.54, 1.807) is 0 Å². The lowest BCUT2D eigenvalue weighted by Gasteiger charge is -2.33. The van der Waals surface area contributed by atoms with E-state index in [1.165, 1.54) is 5.56 Å². The first kappa shape index (κ1) is 12.6. The van der Waals surface area contributed by atoms with Gasteiger partial charge in [-0.2, -0.15) is 0 Å². The van der Waals surface area contributed by atoms with Gasteiger partial charge in [-0.25, -0.2) is 0 Å². The van der Waals surface area contributed by atoms with Gasteiger partial charge in [0.1, 0.15) is 0 Å². The number of benzene rings is 1. The number of anilines is 1. The van der Waals surface area contributed by atoms with Crippen LogP contribution in [0.1, 0.15) is 12.0 Å². The first-order valence-corrected chi connectivity index (χ1v) is 7.16. The summed E-state index contributed by atoms with van der Waals surface area (Å²) in [5, 5.41) is 3.35. The fourth-order valence-corrected chi connectivity index (χ4v) is 2.92. The molecule has 0 aliphatic carbocycles. The van der Waals surface area contributed by atoms with E-state index in [9.17, 15) is 4.79 Å². The van der Waals surface area contributed by atoms with Gasteiger partial charge in [0.2, 0.25) is 5.91 Å². The van der Waals surface area contributed by atoms with Gasteiger partial charge in [0.05, 0.1) is 0 Å². The van der Waals surface area contributed by atoms with E-state index >= 15 is 0 Å². The topological polar surface area (TPSA) is 35.6 Å². The lowest BCUT2D eigenvalue weighted by atomic mass is 10.0. The van der Waals surface area contributed by atoms with Crippen molar-refractivity contribution in [2.75, 3.05) is 44.2 Å². The molecule has 0 saturated carbocycles. The molecule has 1 aromatic carbocycles. The van der Waals surface area contributed by atoms with E-state index in [0.29, 0.717) is 6.42 Å². The number of para-hydroxylation sites is 1. The number of fused-ring (bicyclic) bond motifs is 1.